The molecule has 0 aliphatic rings. The molecule has 0 unspecified atom stereocenters. The van der Waals surface area contributed by atoms with Gasteiger partial charge in [0, 0.05) is 10.9 Å². The summed E-state index contributed by atoms with van der Waals surface area (Å²) in [4.78, 5) is 12.1. The Morgan fingerprint density at radius 2 is 1.83 bits per heavy atom. The van der Waals surface area contributed by atoms with Crippen LogP contribution < -0.4 is 10.5 Å². The van der Waals surface area contributed by atoms with Crippen molar-refractivity contribution in [2.45, 2.75) is 24.7 Å². The van der Waals surface area contributed by atoms with Gasteiger partial charge in [0.05, 0.1) is 10.6 Å². The third-order valence-electron chi connectivity index (χ3n) is 3.29. The number of halogens is 1. The second-order valence-corrected chi connectivity index (χ2v) is 7.64. The fourth-order valence-corrected chi connectivity index (χ4v) is 3.15. The predicted molar refractivity (Wildman–Crippen MR) is 93.6 cm³/mol. The molecule has 0 atom stereocenters. The maximum Gasteiger partial charge on any atom is 0.238 e. The first-order valence-electron chi connectivity index (χ1n) is 6.93. The van der Waals surface area contributed by atoms with Crippen LogP contribution in [0.15, 0.2) is 51.8 Å². The Bertz CT molecular complexity index is 818. The average molecular weight is 397 g/mol. The van der Waals surface area contributed by atoms with E-state index in [-0.39, 0.29) is 10.8 Å². The number of hydrogen-bond donors (Lipinski definition) is 2. The summed E-state index contributed by atoms with van der Waals surface area (Å²) in [6.45, 7) is 1.97. The van der Waals surface area contributed by atoms with Gasteiger partial charge in [-0.25, -0.2) is 13.6 Å². The van der Waals surface area contributed by atoms with E-state index in [0.717, 1.165) is 21.3 Å². The Kier molecular flexibility index (Phi) is 5.56. The third-order valence-corrected chi connectivity index (χ3v) is 4.88. The number of sulfonamides is 1. The summed E-state index contributed by atoms with van der Waals surface area (Å²) >= 11 is 3.41. The number of primary sulfonamides is 1. The average Bonchev–Trinajstić information content (AvgIpc) is 2.47. The molecule has 0 saturated heterocycles. The van der Waals surface area contributed by atoms with Crippen molar-refractivity contribution in [3.8, 4) is 0 Å². The molecular weight excluding hydrogens is 380 g/mol. The lowest BCUT2D eigenvalue weighted by molar-refractivity contribution is -0.116. The number of rotatable bonds is 5. The van der Waals surface area contributed by atoms with Crippen LogP contribution in [-0.2, 0) is 21.2 Å². The Balaban J connectivity index is 1.94. The molecule has 0 fully saturated rings. The molecule has 0 radical (unpaired) electrons. The molecule has 23 heavy (non-hydrogen) atoms. The molecule has 2 aromatic carbocycles. The van der Waals surface area contributed by atoms with Crippen LogP contribution in [0.5, 0.6) is 0 Å². The predicted octanol–water partition coefficient (Wildman–Crippen LogP) is 2.98. The van der Waals surface area contributed by atoms with E-state index in [2.05, 4.69) is 21.2 Å². The maximum absolute atomic E-state index is 12.0. The second kappa shape index (κ2) is 7.25. The topological polar surface area (TPSA) is 89.3 Å². The summed E-state index contributed by atoms with van der Waals surface area (Å²) in [6.07, 6.45) is 0.815. The quantitative estimate of drug-likeness (QED) is 0.813. The summed E-state index contributed by atoms with van der Waals surface area (Å²) < 4.78 is 23.2. The van der Waals surface area contributed by atoms with Gasteiger partial charge >= 0.3 is 0 Å². The molecule has 1 amide bonds. The van der Waals surface area contributed by atoms with Gasteiger partial charge in [0.25, 0.3) is 0 Å². The molecule has 122 valence electrons. The van der Waals surface area contributed by atoms with Crippen molar-refractivity contribution in [1.29, 1.82) is 0 Å². The van der Waals surface area contributed by atoms with Gasteiger partial charge in [-0.2, -0.15) is 0 Å². The zero-order chi connectivity index (χ0) is 17.0. The van der Waals surface area contributed by atoms with Crippen LogP contribution in [0.2, 0.25) is 0 Å². The fraction of sp³-hybridized carbons (Fsp3) is 0.188. The van der Waals surface area contributed by atoms with Crippen LogP contribution in [0, 0.1) is 6.92 Å². The molecular formula is C16H17BrN2O3S. The lowest BCUT2D eigenvalue weighted by atomic mass is 10.1. The Labute approximate surface area is 144 Å². The second-order valence-electron chi connectivity index (χ2n) is 5.22. The van der Waals surface area contributed by atoms with Gasteiger partial charge in [-0.1, -0.05) is 18.2 Å². The summed E-state index contributed by atoms with van der Waals surface area (Å²) in [5.41, 5.74) is 2.70. The summed E-state index contributed by atoms with van der Waals surface area (Å²) in [5.74, 6) is -0.106. The zero-order valence-corrected chi connectivity index (χ0v) is 14.9. The number of carbonyl (C=O) groups excluding carboxylic acids is 1. The molecule has 2 aromatic rings. The number of nitrogens with two attached hydrogens (primary N) is 1. The zero-order valence-electron chi connectivity index (χ0n) is 12.5. The van der Waals surface area contributed by atoms with Gasteiger partial charge in [0.2, 0.25) is 15.9 Å². The van der Waals surface area contributed by atoms with Crippen LogP contribution in [-0.4, -0.2) is 14.3 Å². The van der Waals surface area contributed by atoms with Crippen molar-refractivity contribution in [2.75, 3.05) is 5.32 Å². The normalized spacial score (nSPS) is 11.3. The molecule has 2 rings (SSSR count). The largest absolute Gasteiger partial charge is 0.325 e. The highest BCUT2D eigenvalue weighted by molar-refractivity contribution is 9.10. The van der Waals surface area contributed by atoms with Crippen molar-refractivity contribution < 1.29 is 13.2 Å². The molecule has 0 saturated carbocycles. The van der Waals surface area contributed by atoms with Crippen molar-refractivity contribution in [2.24, 2.45) is 5.14 Å². The van der Waals surface area contributed by atoms with Gasteiger partial charge < -0.3 is 5.32 Å². The minimum atomic E-state index is -3.68. The fourth-order valence-electron chi connectivity index (χ4n) is 2.04. The first-order valence-corrected chi connectivity index (χ1v) is 9.27. The van der Waals surface area contributed by atoms with Crippen molar-refractivity contribution in [1.82, 2.24) is 0 Å². The monoisotopic (exact) mass is 396 g/mol. The van der Waals surface area contributed by atoms with Crippen LogP contribution in [0.3, 0.4) is 0 Å². The van der Waals surface area contributed by atoms with E-state index in [1.165, 1.54) is 12.1 Å². The third kappa shape index (κ3) is 5.16. The van der Waals surface area contributed by atoms with E-state index in [1.54, 1.807) is 12.1 Å². The molecule has 0 aliphatic carbocycles. The standard InChI is InChI=1S/C16H17BrN2O3S/c1-11-2-8-15(14(17)10-11)19-16(20)9-5-12-3-6-13(7-4-12)23(18,21)22/h2-4,6-8,10H,5,9H2,1H3,(H,19,20)(H2,18,21,22). The Morgan fingerprint density at radius 1 is 1.17 bits per heavy atom. The lowest BCUT2D eigenvalue weighted by Gasteiger charge is -2.08. The van der Waals surface area contributed by atoms with E-state index in [4.69, 9.17) is 5.14 Å². The summed E-state index contributed by atoms with van der Waals surface area (Å²) in [5, 5.41) is 7.88. The highest BCUT2D eigenvalue weighted by Gasteiger charge is 2.09. The minimum absolute atomic E-state index is 0.0642. The highest BCUT2D eigenvalue weighted by Crippen LogP contribution is 2.23. The van der Waals surface area contributed by atoms with Crippen molar-refractivity contribution in [3.05, 3.63) is 58.1 Å². The molecule has 0 spiro atoms. The van der Waals surface area contributed by atoms with Crippen LogP contribution in [0.25, 0.3) is 0 Å². The van der Waals surface area contributed by atoms with Gasteiger partial charge in [-0.15, -0.1) is 0 Å². The van der Waals surface area contributed by atoms with Gasteiger partial charge in [-0.3, -0.25) is 4.79 Å². The lowest BCUT2D eigenvalue weighted by Crippen LogP contribution is -2.13. The minimum Gasteiger partial charge on any atom is -0.325 e. The summed E-state index contributed by atoms with van der Waals surface area (Å²) in [6, 6.07) is 11.9. The number of amides is 1. The molecule has 0 aliphatic heterocycles. The molecule has 0 aromatic heterocycles. The van der Waals surface area contributed by atoms with E-state index >= 15 is 0 Å². The van der Waals surface area contributed by atoms with E-state index in [0.29, 0.717) is 12.8 Å². The summed E-state index contributed by atoms with van der Waals surface area (Å²) in [7, 11) is -3.68. The van der Waals surface area contributed by atoms with Gasteiger partial charge in [0.1, 0.15) is 0 Å². The van der Waals surface area contributed by atoms with Crippen LogP contribution in [0.4, 0.5) is 5.69 Å². The molecule has 5 nitrogen and oxygen atoms in total. The van der Waals surface area contributed by atoms with Crippen molar-refractivity contribution >= 4 is 37.5 Å². The smallest absolute Gasteiger partial charge is 0.238 e. The highest BCUT2D eigenvalue weighted by atomic mass is 79.9. The van der Waals surface area contributed by atoms with Gasteiger partial charge in [-0.05, 0) is 64.7 Å². The Hall–Kier alpha value is -1.70. The first kappa shape index (κ1) is 17.7. The Morgan fingerprint density at radius 3 is 2.39 bits per heavy atom. The number of nitrogens with one attached hydrogen (secondary N) is 1. The number of hydrogen-bond acceptors (Lipinski definition) is 3. The van der Waals surface area contributed by atoms with E-state index in [9.17, 15) is 13.2 Å². The molecule has 7 heteroatoms. The number of anilines is 1. The van der Waals surface area contributed by atoms with Crippen molar-refractivity contribution in [3.63, 3.8) is 0 Å². The van der Waals surface area contributed by atoms with E-state index in [1.807, 2.05) is 25.1 Å². The van der Waals surface area contributed by atoms with Crippen LogP contribution >= 0.6 is 15.9 Å². The first-order chi connectivity index (χ1) is 10.8. The number of aryl methyl sites for hydroxylation is 2. The van der Waals surface area contributed by atoms with Crippen LogP contribution in [0.1, 0.15) is 17.5 Å². The number of carbonyl (C=O) groups is 1. The SMILES string of the molecule is Cc1ccc(NC(=O)CCc2ccc(S(N)(=O)=O)cc2)c(Br)c1. The molecule has 3 N–H and O–H groups in total. The number of benzene rings is 2. The van der Waals surface area contributed by atoms with Gasteiger partial charge in [0.15, 0.2) is 0 Å². The maximum atomic E-state index is 12.0. The molecule has 0 bridgehead atoms. The molecule has 0 heterocycles. The van der Waals surface area contributed by atoms with E-state index < -0.39 is 10.0 Å².